The number of thiophene rings is 1. The number of nitrogens with one attached hydrogen (secondary N) is 1. The molecule has 0 unspecified atom stereocenters. The Kier molecular flexibility index (Phi) is 6.28. The minimum Gasteiger partial charge on any atom is -0.456 e. The number of hydrogen-bond donors (Lipinski definition) is 1. The first kappa shape index (κ1) is 20.5. The van der Waals surface area contributed by atoms with E-state index in [0.717, 1.165) is 4.88 Å². The van der Waals surface area contributed by atoms with Crippen molar-refractivity contribution < 1.29 is 33.4 Å². The molecule has 0 radical (unpaired) electrons. The van der Waals surface area contributed by atoms with E-state index < -0.39 is 18.5 Å². The Bertz CT molecular complexity index is 979. The van der Waals surface area contributed by atoms with E-state index in [0.29, 0.717) is 16.4 Å². The van der Waals surface area contributed by atoms with Gasteiger partial charge in [-0.05, 0) is 32.0 Å². The Morgan fingerprint density at radius 2 is 1.83 bits per heavy atom. The van der Waals surface area contributed by atoms with Gasteiger partial charge in [0.1, 0.15) is 0 Å². The zero-order chi connectivity index (χ0) is 21.0. The summed E-state index contributed by atoms with van der Waals surface area (Å²) in [5.74, 6) is -0.845. The number of esters is 1. The second kappa shape index (κ2) is 8.87. The van der Waals surface area contributed by atoms with Crippen LogP contribution in [0.2, 0.25) is 0 Å². The maximum Gasteiger partial charge on any atom is 0.306 e. The lowest BCUT2D eigenvalue weighted by atomic mass is 10.1. The molecule has 0 atom stereocenters. The summed E-state index contributed by atoms with van der Waals surface area (Å²) in [5, 5.41) is 2.53. The van der Waals surface area contributed by atoms with Crippen molar-refractivity contribution in [2.75, 3.05) is 18.7 Å². The van der Waals surface area contributed by atoms with E-state index in [4.69, 9.17) is 14.2 Å². The van der Waals surface area contributed by atoms with Crippen LogP contribution >= 0.6 is 11.3 Å². The number of rotatable bonds is 8. The van der Waals surface area contributed by atoms with Gasteiger partial charge in [0.05, 0.1) is 17.0 Å². The summed E-state index contributed by atoms with van der Waals surface area (Å²) < 4.78 is 15.4. The summed E-state index contributed by atoms with van der Waals surface area (Å²) >= 11 is 1.37. The topological polar surface area (TPSA) is 108 Å². The number of Topliss-reactive ketones (excluding diaryl/α,β-unsaturated/α-hetero) is 2. The molecular formula is C20H19NO7S. The molecule has 3 rings (SSSR count). The molecule has 9 heteroatoms. The Morgan fingerprint density at radius 1 is 1.10 bits per heavy atom. The highest BCUT2D eigenvalue weighted by Gasteiger charge is 2.21. The van der Waals surface area contributed by atoms with E-state index in [2.05, 4.69) is 5.32 Å². The van der Waals surface area contributed by atoms with Gasteiger partial charge in [0.2, 0.25) is 6.79 Å². The quantitative estimate of drug-likeness (QED) is 0.519. The van der Waals surface area contributed by atoms with E-state index in [-0.39, 0.29) is 42.5 Å². The fraction of sp³-hybridized carbons (Fsp3) is 0.300. The van der Waals surface area contributed by atoms with Gasteiger partial charge in [0, 0.05) is 22.9 Å². The zero-order valence-electron chi connectivity index (χ0n) is 15.9. The van der Waals surface area contributed by atoms with E-state index in [9.17, 15) is 19.2 Å². The van der Waals surface area contributed by atoms with Crippen LogP contribution in [0.3, 0.4) is 0 Å². The van der Waals surface area contributed by atoms with Crippen molar-refractivity contribution in [2.24, 2.45) is 0 Å². The predicted molar refractivity (Wildman–Crippen MR) is 105 cm³/mol. The number of amides is 1. The lowest BCUT2D eigenvalue weighted by Gasteiger charge is -2.11. The number of benzene rings is 1. The average Bonchev–Trinajstić information content (AvgIpc) is 3.32. The second-order valence-electron chi connectivity index (χ2n) is 6.35. The molecule has 1 aromatic heterocycles. The number of carbonyl (C=O) groups is 4. The Hall–Kier alpha value is -3.20. The maximum absolute atomic E-state index is 12.1. The van der Waals surface area contributed by atoms with Crippen molar-refractivity contribution in [3.8, 4) is 11.5 Å². The van der Waals surface area contributed by atoms with E-state index in [1.165, 1.54) is 30.4 Å². The van der Waals surface area contributed by atoms with Crippen LogP contribution in [0.1, 0.15) is 44.7 Å². The molecule has 0 spiro atoms. The van der Waals surface area contributed by atoms with Gasteiger partial charge in [-0.1, -0.05) is 0 Å². The Morgan fingerprint density at radius 3 is 2.48 bits per heavy atom. The van der Waals surface area contributed by atoms with Crippen LogP contribution in [-0.2, 0) is 14.3 Å². The van der Waals surface area contributed by atoms with Crippen molar-refractivity contribution in [1.29, 1.82) is 0 Å². The normalized spacial score (nSPS) is 11.8. The maximum atomic E-state index is 12.1. The van der Waals surface area contributed by atoms with Crippen molar-refractivity contribution in [3.05, 3.63) is 39.6 Å². The van der Waals surface area contributed by atoms with Crippen LogP contribution in [0.25, 0.3) is 0 Å². The predicted octanol–water partition coefficient (Wildman–Crippen LogP) is 3.13. The van der Waals surface area contributed by atoms with Gasteiger partial charge in [-0.3, -0.25) is 19.2 Å². The van der Waals surface area contributed by atoms with Crippen LogP contribution in [0.4, 0.5) is 5.69 Å². The summed E-state index contributed by atoms with van der Waals surface area (Å²) in [5.41, 5.74) is 0.497. The summed E-state index contributed by atoms with van der Waals surface area (Å²) in [6.45, 7) is 2.76. The van der Waals surface area contributed by atoms with Crippen molar-refractivity contribution in [3.63, 3.8) is 0 Å². The van der Waals surface area contributed by atoms with Crippen LogP contribution in [0, 0.1) is 6.92 Å². The molecular weight excluding hydrogens is 398 g/mol. The third kappa shape index (κ3) is 5.20. The van der Waals surface area contributed by atoms with Crippen molar-refractivity contribution in [2.45, 2.75) is 26.7 Å². The second-order valence-corrected chi connectivity index (χ2v) is 7.64. The standard InChI is InChI=1S/C20H19NO7S/c1-11-3-5-18(29-11)15(23)4-6-20(25)26-9-19(24)21-14-8-17-16(27-10-28-17)7-13(14)12(2)22/h3,5,7-8H,4,6,9-10H2,1-2H3,(H,21,24). The number of fused-ring (bicyclic) bond motifs is 1. The van der Waals surface area contributed by atoms with Gasteiger partial charge in [-0.15, -0.1) is 11.3 Å². The van der Waals surface area contributed by atoms with E-state index in [1.54, 1.807) is 6.07 Å². The number of aryl methyl sites for hydroxylation is 1. The highest BCUT2D eigenvalue weighted by atomic mass is 32.1. The first-order chi connectivity index (χ1) is 13.8. The van der Waals surface area contributed by atoms with Crippen LogP contribution < -0.4 is 14.8 Å². The molecule has 1 aliphatic rings. The first-order valence-corrected chi connectivity index (χ1v) is 9.65. The molecule has 1 N–H and O–H groups in total. The molecule has 0 saturated carbocycles. The van der Waals surface area contributed by atoms with Gasteiger partial charge >= 0.3 is 5.97 Å². The highest BCUT2D eigenvalue weighted by molar-refractivity contribution is 7.14. The molecule has 29 heavy (non-hydrogen) atoms. The molecule has 2 aromatic rings. The summed E-state index contributed by atoms with van der Waals surface area (Å²) in [6.07, 6.45) is -0.108. The molecule has 1 aromatic carbocycles. The molecule has 0 aliphatic carbocycles. The fourth-order valence-corrected chi connectivity index (χ4v) is 3.50. The first-order valence-electron chi connectivity index (χ1n) is 8.83. The SMILES string of the molecule is CC(=O)c1cc2c(cc1NC(=O)COC(=O)CCC(=O)c1ccc(C)s1)OCO2. The summed E-state index contributed by atoms with van der Waals surface area (Å²) in [7, 11) is 0. The molecule has 8 nitrogen and oxygen atoms in total. The molecule has 0 bridgehead atoms. The zero-order valence-corrected chi connectivity index (χ0v) is 16.7. The molecule has 1 aliphatic heterocycles. The van der Waals surface area contributed by atoms with E-state index >= 15 is 0 Å². The lowest BCUT2D eigenvalue weighted by Crippen LogP contribution is -2.22. The van der Waals surface area contributed by atoms with Gasteiger partial charge < -0.3 is 19.5 Å². The fourth-order valence-electron chi connectivity index (χ4n) is 2.66. The van der Waals surface area contributed by atoms with Crippen LogP contribution in [0.15, 0.2) is 24.3 Å². The van der Waals surface area contributed by atoms with E-state index in [1.807, 2.05) is 13.0 Å². The minimum absolute atomic E-state index is 0.0110. The van der Waals surface area contributed by atoms with Gasteiger partial charge in [-0.2, -0.15) is 0 Å². The number of ether oxygens (including phenoxy) is 3. The van der Waals surface area contributed by atoms with Crippen LogP contribution in [0.5, 0.6) is 11.5 Å². The molecule has 0 fully saturated rings. The number of carbonyl (C=O) groups excluding carboxylic acids is 4. The minimum atomic E-state index is -0.653. The molecule has 2 heterocycles. The summed E-state index contributed by atoms with van der Waals surface area (Å²) in [6, 6.07) is 6.54. The molecule has 0 saturated heterocycles. The smallest absolute Gasteiger partial charge is 0.306 e. The average molecular weight is 417 g/mol. The molecule has 152 valence electrons. The largest absolute Gasteiger partial charge is 0.456 e. The highest BCUT2D eigenvalue weighted by Crippen LogP contribution is 2.37. The van der Waals surface area contributed by atoms with Crippen LogP contribution in [-0.4, -0.2) is 36.8 Å². The van der Waals surface area contributed by atoms with Gasteiger partial charge in [0.15, 0.2) is 29.7 Å². The number of ketones is 2. The van der Waals surface area contributed by atoms with Gasteiger partial charge in [-0.25, -0.2) is 0 Å². The Balaban J connectivity index is 1.50. The lowest BCUT2D eigenvalue weighted by molar-refractivity contribution is -0.147. The Labute approximate surface area is 170 Å². The third-order valence-electron chi connectivity index (χ3n) is 4.10. The third-order valence-corrected chi connectivity index (χ3v) is 5.14. The van der Waals surface area contributed by atoms with Crippen molar-refractivity contribution in [1.82, 2.24) is 0 Å². The number of hydrogen-bond acceptors (Lipinski definition) is 8. The summed E-state index contributed by atoms with van der Waals surface area (Å²) in [4.78, 5) is 49.4. The number of anilines is 1. The monoisotopic (exact) mass is 417 g/mol. The van der Waals surface area contributed by atoms with Crippen molar-refractivity contribution >= 4 is 40.5 Å². The molecule has 1 amide bonds. The van der Waals surface area contributed by atoms with Gasteiger partial charge in [0.25, 0.3) is 5.91 Å².